The lowest BCUT2D eigenvalue weighted by Crippen LogP contribution is -2.50. The van der Waals surface area contributed by atoms with Crippen LogP contribution in [0.25, 0.3) is 11.0 Å². The van der Waals surface area contributed by atoms with Gasteiger partial charge in [-0.05, 0) is 43.4 Å². The summed E-state index contributed by atoms with van der Waals surface area (Å²) in [6, 6.07) is 19.3. The SMILES string of the molecule is NCC(=O)NCCn1c(=O)n(C2CCN(C3(c4ccccc4)CCCCCC3)CC2)c2ccccc21. The fourth-order valence-electron chi connectivity index (χ4n) is 6.58. The summed E-state index contributed by atoms with van der Waals surface area (Å²) in [6.45, 7) is 2.78. The first kappa shape index (κ1) is 24.8. The van der Waals surface area contributed by atoms with E-state index in [1.54, 1.807) is 4.57 Å². The monoisotopic (exact) mass is 489 g/mol. The number of likely N-dealkylation sites (tertiary alicyclic amines) is 1. The van der Waals surface area contributed by atoms with E-state index in [1.165, 1.54) is 44.1 Å². The number of carbonyl (C=O) groups is 1. The second-order valence-corrected chi connectivity index (χ2v) is 10.4. The van der Waals surface area contributed by atoms with Crippen molar-refractivity contribution < 1.29 is 4.79 Å². The smallest absolute Gasteiger partial charge is 0.329 e. The van der Waals surface area contributed by atoms with Crippen molar-refractivity contribution in [2.24, 2.45) is 5.73 Å². The lowest BCUT2D eigenvalue weighted by Gasteiger charge is -2.47. The zero-order chi connectivity index (χ0) is 25.0. The minimum Gasteiger partial charge on any atom is -0.353 e. The van der Waals surface area contributed by atoms with Gasteiger partial charge in [0, 0.05) is 37.8 Å². The number of hydrogen-bond acceptors (Lipinski definition) is 4. The molecule has 1 saturated heterocycles. The van der Waals surface area contributed by atoms with Gasteiger partial charge in [0.25, 0.3) is 0 Å². The van der Waals surface area contributed by atoms with Gasteiger partial charge >= 0.3 is 5.69 Å². The molecule has 0 atom stereocenters. The molecule has 3 aromatic rings. The van der Waals surface area contributed by atoms with Gasteiger partial charge in [-0.2, -0.15) is 0 Å². The van der Waals surface area contributed by atoms with Crippen LogP contribution in [0, 0.1) is 0 Å². The fraction of sp³-hybridized carbons (Fsp3) is 0.517. The van der Waals surface area contributed by atoms with Crippen molar-refractivity contribution in [3.63, 3.8) is 0 Å². The summed E-state index contributed by atoms with van der Waals surface area (Å²) in [5.74, 6) is -0.204. The number of para-hydroxylation sites is 2. The standard InChI is InChI=1S/C29H39N5O2/c30-22-27(35)31-18-21-33-25-12-6-7-13-26(25)34(28(33)36)24-14-19-32(20-15-24)29(16-8-1-2-9-17-29)23-10-4-3-5-11-23/h3-7,10-13,24H,1-2,8-9,14-22,30H2,(H,31,35). The second kappa shape index (κ2) is 11.0. The van der Waals surface area contributed by atoms with Gasteiger partial charge in [0.1, 0.15) is 0 Å². The molecule has 1 aliphatic carbocycles. The molecule has 0 radical (unpaired) electrons. The number of carbonyl (C=O) groups excluding carboxylic acids is 1. The molecule has 5 rings (SSSR count). The number of nitrogens with zero attached hydrogens (tertiary/aromatic N) is 3. The third-order valence-electron chi connectivity index (χ3n) is 8.39. The highest BCUT2D eigenvalue weighted by molar-refractivity contribution is 5.78. The number of fused-ring (bicyclic) bond motifs is 1. The summed E-state index contributed by atoms with van der Waals surface area (Å²) < 4.78 is 3.81. The summed E-state index contributed by atoms with van der Waals surface area (Å²) in [5.41, 5.74) is 8.91. The Hall–Kier alpha value is -2.90. The molecule has 0 unspecified atom stereocenters. The predicted octanol–water partition coefficient (Wildman–Crippen LogP) is 3.76. The third-order valence-corrected chi connectivity index (χ3v) is 8.39. The van der Waals surface area contributed by atoms with Crippen LogP contribution in [0.15, 0.2) is 59.4 Å². The number of piperidine rings is 1. The summed E-state index contributed by atoms with van der Waals surface area (Å²) in [5, 5.41) is 2.79. The van der Waals surface area contributed by atoms with Crippen LogP contribution in [0.4, 0.5) is 0 Å². The van der Waals surface area contributed by atoms with Gasteiger partial charge in [-0.25, -0.2) is 4.79 Å². The molecule has 2 aliphatic rings. The minimum absolute atomic E-state index is 0.0175. The maximum Gasteiger partial charge on any atom is 0.329 e. The van der Waals surface area contributed by atoms with Crippen LogP contribution < -0.4 is 16.7 Å². The topological polar surface area (TPSA) is 85.3 Å². The number of aromatic nitrogens is 2. The van der Waals surface area contributed by atoms with E-state index in [-0.39, 0.29) is 29.7 Å². The average Bonchev–Trinajstić information content (AvgIpc) is 3.06. The lowest BCUT2D eigenvalue weighted by molar-refractivity contribution is -0.119. The molecule has 192 valence electrons. The van der Waals surface area contributed by atoms with Crippen molar-refractivity contribution in [3.8, 4) is 0 Å². The first-order chi connectivity index (χ1) is 17.6. The lowest BCUT2D eigenvalue weighted by atomic mass is 9.79. The van der Waals surface area contributed by atoms with Gasteiger partial charge in [0.2, 0.25) is 5.91 Å². The van der Waals surface area contributed by atoms with Crippen LogP contribution >= 0.6 is 0 Å². The molecule has 36 heavy (non-hydrogen) atoms. The molecular weight excluding hydrogens is 450 g/mol. The Morgan fingerprint density at radius 3 is 2.22 bits per heavy atom. The number of amides is 1. The average molecular weight is 490 g/mol. The highest BCUT2D eigenvalue weighted by atomic mass is 16.2. The third kappa shape index (κ3) is 4.74. The molecule has 1 aromatic heterocycles. The summed E-state index contributed by atoms with van der Waals surface area (Å²) in [4.78, 5) is 27.9. The van der Waals surface area contributed by atoms with Gasteiger partial charge in [-0.1, -0.05) is 68.1 Å². The Labute approximate surface area is 213 Å². The van der Waals surface area contributed by atoms with E-state index in [4.69, 9.17) is 5.73 Å². The van der Waals surface area contributed by atoms with Crippen LogP contribution in [0.5, 0.6) is 0 Å². The van der Waals surface area contributed by atoms with Crippen LogP contribution in [0.1, 0.15) is 63.0 Å². The minimum atomic E-state index is -0.204. The van der Waals surface area contributed by atoms with E-state index >= 15 is 0 Å². The van der Waals surface area contributed by atoms with Crippen molar-refractivity contribution in [1.29, 1.82) is 0 Å². The van der Waals surface area contributed by atoms with Gasteiger partial charge in [0.15, 0.2) is 0 Å². The Bertz CT molecular complexity index is 1220. The molecule has 1 aliphatic heterocycles. The highest BCUT2D eigenvalue weighted by Gasteiger charge is 2.40. The number of imidazole rings is 1. The molecule has 1 saturated carbocycles. The van der Waals surface area contributed by atoms with Crippen molar-refractivity contribution in [1.82, 2.24) is 19.4 Å². The molecule has 2 heterocycles. The van der Waals surface area contributed by atoms with Gasteiger partial charge in [-0.15, -0.1) is 0 Å². The fourth-order valence-corrected chi connectivity index (χ4v) is 6.58. The molecule has 2 fully saturated rings. The maximum absolute atomic E-state index is 13.6. The van der Waals surface area contributed by atoms with E-state index in [2.05, 4.69) is 46.6 Å². The molecule has 1 amide bonds. The number of nitrogens with one attached hydrogen (secondary N) is 1. The van der Waals surface area contributed by atoms with Crippen molar-refractivity contribution in [2.75, 3.05) is 26.2 Å². The Morgan fingerprint density at radius 2 is 1.56 bits per heavy atom. The number of hydrogen-bond donors (Lipinski definition) is 2. The van der Waals surface area contributed by atoms with E-state index in [1.807, 2.05) is 22.8 Å². The van der Waals surface area contributed by atoms with E-state index in [0.717, 1.165) is 37.0 Å². The molecule has 7 nitrogen and oxygen atoms in total. The van der Waals surface area contributed by atoms with E-state index in [9.17, 15) is 9.59 Å². The van der Waals surface area contributed by atoms with Crippen molar-refractivity contribution >= 4 is 16.9 Å². The zero-order valence-corrected chi connectivity index (χ0v) is 21.2. The number of rotatable bonds is 7. The molecule has 2 aromatic carbocycles. The van der Waals surface area contributed by atoms with Gasteiger partial charge < -0.3 is 11.1 Å². The summed E-state index contributed by atoms with van der Waals surface area (Å²) >= 11 is 0. The largest absolute Gasteiger partial charge is 0.353 e. The predicted molar refractivity (Wildman–Crippen MR) is 144 cm³/mol. The quantitative estimate of drug-likeness (QED) is 0.495. The van der Waals surface area contributed by atoms with Gasteiger partial charge in [-0.3, -0.25) is 18.8 Å². The van der Waals surface area contributed by atoms with Crippen LogP contribution in [-0.2, 0) is 16.9 Å². The molecular formula is C29H39N5O2. The van der Waals surface area contributed by atoms with Crippen molar-refractivity contribution in [3.05, 3.63) is 70.6 Å². The molecule has 7 heteroatoms. The molecule has 0 bridgehead atoms. The summed E-state index contributed by atoms with van der Waals surface area (Å²) in [7, 11) is 0. The van der Waals surface area contributed by atoms with Gasteiger partial charge in [0.05, 0.1) is 17.6 Å². The van der Waals surface area contributed by atoms with Crippen LogP contribution in [-0.4, -0.2) is 46.1 Å². The molecule has 0 spiro atoms. The highest BCUT2D eigenvalue weighted by Crippen LogP contribution is 2.43. The van der Waals surface area contributed by atoms with E-state index in [0.29, 0.717) is 13.1 Å². The number of nitrogens with two attached hydrogens (primary N) is 1. The number of benzene rings is 2. The normalized spacial score (nSPS) is 19.2. The Morgan fingerprint density at radius 1 is 0.917 bits per heavy atom. The first-order valence-corrected chi connectivity index (χ1v) is 13.6. The Kier molecular flexibility index (Phi) is 7.58. The van der Waals surface area contributed by atoms with E-state index < -0.39 is 0 Å². The molecule has 3 N–H and O–H groups in total. The van der Waals surface area contributed by atoms with Crippen molar-refractivity contribution in [2.45, 2.75) is 69.5 Å². The summed E-state index contributed by atoms with van der Waals surface area (Å²) in [6.07, 6.45) is 9.58. The second-order valence-electron chi connectivity index (χ2n) is 10.4. The van der Waals surface area contributed by atoms with Crippen LogP contribution in [0.2, 0.25) is 0 Å². The zero-order valence-electron chi connectivity index (χ0n) is 21.2. The first-order valence-electron chi connectivity index (χ1n) is 13.6. The van der Waals surface area contributed by atoms with Crippen LogP contribution in [0.3, 0.4) is 0 Å². The maximum atomic E-state index is 13.6. The Balaban J connectivity index is 1.38.